The molecule has 0 unspecified atom stereocenters. The maximum atomic E-state index is 12.2. The average molecular weight is 522 g/mol. The lowest BCUT2D eigenvalue weighted by Crippen LogP contribution is -2.19. The number of nitrogens with one attached hydrogen (secondary N) is 3. The van der Waals surface area contributed by atoms with Crippen LogP contribution in [0.15, 0.2) is 55.0 Å². The molecule has 0 radical (unpaired) electrons. The Morgan fingerprint density at radius 2 is 1.89 bits per heavy atom. The number of rotatable bonds is 12. The molecule has 11 heteroatoms. The molecule has 2 aromatic heterocycles. The van der Waals surface area contributed by atoms with Gasteiger partial charge in [-0.3, -0.25) is 5.32 Å². The summed E-state index contributed by atoms with van der Waals surface area (Å²) in [6.07, 6.45) is 4.94. The van der Waals surface area contributed by atoms with Gasteiger partial charge in [-0.2, -0.15) is 0 Å². The Labute approximate surface area is 220 Å². The van der Waals surface area contributed by atoms with Crippen LogP contribution in [0, 0.1) is 0 Å². The number of anilines is 3. The number of methoxy groups -OCH3 is 1. The molecule has 0 aliphatic rings. The Bertz CT molecular complexity index is 1310. The summed E-state index contributed by atoms with van der Waals surface area (Å²) >= 11 is 1.43. The molecule has 0 aliphatic carbocycles. The summed E-state index contributed by atoms with van der Waals surface area (Å²) in [5.41, 5.74) is 1.49. The van der Waals surface area contributed by atoms with E-state index in [0.717, 1.165) is 40.9 Å². The third kappa shape index (κ3) is 7.51. The van der Waals surface area contributed by atoms with Gasteiger partial charge in [0.15, 0.2) is 16.6 Å². The Morgan fingerprint density at radius 1 is 1.05 bits per heavy atom. The van der Waals surface area contributed by atoms with Gasteiger partial charge in [0.05, 0.1) is 19.2 Å². The topological polar surface area (TPSA) is 114 Å². The maximum absolute atomic E-state index is 12.2. The predicted molar refractivity (Wildman–Crippen MR) is 148 cm³/mol. The summed E-state index contributed by atoms with van der Waals surface area (Å²) in [7, 11) is 5.71. The molecule has 37 heavy (non-hydrogen) atoms. The SMILES string of the molecule is COc1cc2c(NCCc3cnc(NC(=O)Nc4ccccc4)s3)ncnc2cc1OCCCN(C)C. The summed E-state index contributed by atoms with van der Waals surface area (Å²) in [6.45, 7) is 2.18. The van der Waals surface area contributed by atoms with E-state index in [9.17, 15) is 4.79 Å². The van der Waals surface area contributed by atoms with E-state index in [0.29, 0.717) is 35.6 Å². The van der Waals surface area contributed by atoms with Crippen molar-refractivity contribution in [2.45, 2.75) is 12.8 Å². The van der Waals surface area contributed by atoms with Crippen molar-refractivity contribution in [2.75, 3.05) is 56.9 Å². The minimum absolute atomic E-state index is 0.326. The summed E-state index contributed by atoms with van der Waals surface area (Å²) in [6, 6.07) is 12.7. The Balaban J connectivity index is 1.33. The second-order valence-corrected chi connectivity index (χ2v) is 9.62. The number of aromatic nitrogens is 3. The molecule has 3 N–H and O–H groups in total. The van der Waals surface area contributed by atoms with Crippen LogP contribution in [0.5, 0.6) is 11.5 Å². The molecule has 4 aromatic rings. The number of amides is 2. The van der Waals surface area contributed by atoms with Gasteiger partial charge in [-0.25, -0.2) is 19.7 Å². The quantitative estimate of drug-likeness (QED) is 0.230. The van der Waals surface area contributed by atoms with Crippen LogP contribution in [0.2, 0.25) is 0 Å². The number of urea groups is 1. The van der Waals surface area contributed by atoms with Crippen LogP contribution in [0.4, 0.5) is 21.4 Å². The first-order valence-corrected chi connectivity index (χ1v) is 12.8. The van der Waals surface area contributed by atoms with Crippen LogP contribution in [0.1, 0.15) is 11.3 Å². The lowest BCUT2D eigenvalue weighted by Gasteiger charge is -2.14. The molecule has 2 aromatic carbocycles. The van der Waals surface area contributed by atoms with Gasteiger partial charge >= 0.3 is 6.03 Å². The number of carbonyl (C=O) groups is 1. The number of fused-ring (bicyclic) bond motifs is 1. The van der Waals surface area contributed by atoms with Gasteiger partial charge in [0, 0.05) is 47.7 Å². The number of hydrogen-bond acceptors (Lipinski definition) is 9. The molecular weight excluding hydrogens is 490 g/mol. The number of benzene rings is 2. The van der Waals surface area contributed by atoms with Gasteiger partial charge in [0.2, 0.25) is 0 Å². The van der Waals surface area contributed by atoms with Crippen LogP contribution in [0.3, 0.4) is 0 Å². The molecule has 0 bridgehead atoms. The van der Waals surface area contributed by atoms with E-state index >= 15 is 0 Å². The van der Waals surface area contributed by atoms with E-state index in [1.165, 1.54) is 17.7 Å². The zero-order valence-corrected chi connectivity index (χ0v) is 22.0. The lowest BCUT2D eigenvalue weighted by molar-refractivity contribution is 0.262. The molecule has 2 amide bonds. The fraction of sp³-hybridized carbons (Fsp3) is 0.308. The number of ether oxygens (including phenoxy) is 2. The first-order chi connectivity index (χ1) is 18.0. The highest BCUT2D eigenvalue weighted by molar-refractivity contribution is 7.15. The van der Waals surface area contributed by atoms with E-state index in [2.05, 4.69) is 35.8 Å². The lowest BCUT2D eigenvalue weighted by atomic mass is 10.2. The molecule has 194 valence electrons. The van der Waals surface area contributed by atoms with Crippen molar-refractivity contribution >= 4 is 44.9 Å². The van der Waals surface area contributed by atoms with Gasteiger partial charge in [-0.15, -0.1) is 11.3 Å². The van der Waals surface area contributed by atoms with Gasteiger partial charge < -0.3 is 25.0 Å². The predicted octanol–water partition coefficient (Wildman–Crippen LogP) is 4.72. The van der Waals surface area contributed by atoms with Crippen molar-refractivity contribution in [3.8, 4) is 11.5 Å². The smallest absolute Gasteiger partial charge is 0.325 e. The number of hydrogen-bond donors (Lipinski definition) is 3. The number of carbonyl (C=O) groups excluding carboxylic acids is 1. The highest BCUT2D eigenvalue weighted by Crippen LogP contribution is 2.34. The molecular formula is C26H31N7O3S. The Hall–Kier alpha value is -3.96. The summed E-state index contributed by atoms with van der Waals surface area (Å²) in [5.74, 6) is 2.02. The second kappa shape index (κ2) is 12.8. The molecule has 0 spiro atoms. The molecule has 0 fully saturated rings. The van der Waals surface area contributed by atoms with Gasteiger partial charge in [0.25, 0.3) is 0 Å². The van der Waals surface area contributed by atoms with Crippen molar-refractivity contribution in [2.24, 2.45) is 0 Å². The first-order valence-electron chi connectivity index (χ1n) is 11.9. The summed E-state index contributed by atoms with van der Waals surface area (Å²) in [5, 5.41) is 10.3. The van der Waals surface area contributed by atoms with Crippen LogP contribution in [-0.2, 0) is 6.42 Å². The van der Waals surface area contributed by atoms with E-state index < -0.39 is 0 Å². The normalized spacial score (nSPS) is 10.9. The van der Waals surface area contributed by atoms with E-state index in [1.807, 2.05) is 56.6 Å². The van der Waals surface area contributed by atoms with Crippen molar-refractivity contribution in [3.05, 3.63) is 59.9 Å². The molecule has 4 rings (SSSR count). The van der Waals surface area contributed by atoms with Crippen LogP contribution in [-0.4, -0.2) is 66.8 Å². The van der Waals surface area contributed by atoms with Crippen molar-refractivity contribution < 1.29 is 14.3 Å². The molecule has 0 atom stereocenters. The number of para-hydroxylation sites is 1. The molecule has 10 nitrogen and oxygen atoms in total. The van der Waals surface area contributed by atoms with Crippen LogP contribution in [0.25, 0.3) is 10.9 Å². The van der Waals surface area contributed by atoms with E-state index in [1.54, 1.807) is 13.3 Å². The zero-order chi connectivity index (χ0) is 26.0. The second-order valence-electron chi connectivity index (χ2n) is 8.50. The minimum Gasteiger partial charge on any atom is -0.493 e. The van der Waals surface area contributed by atoms with Crippen molar-refractivity contribution in [1.29, 1.82) is 0 Å². The number of thiazole rings is 1. The maximum Gasteiger partial charge on any atom is 0.325 e. The highest BCUT2D eigenvalue weighted by Gasteiger charge is 2.12. The minimum atomic E-state index is -0.326. The van der Waals surface area contributed by atoms with Crippen molar-refractivity contribution in [1.82, 2.24) is 19.9 Å². The fourth-order valence-electron chi connectivity index (χ4n) is 3.61. The Kier molecular flexibility index (Phi) is 9.06. The van der Waals surface area contributed by atoms with E-state index in [4.69, 9.17) is 9.47 Å². The third-order valence-corrected chi connectivity index (χ3v) is 6.37. The monoisotopic (exact) mass is 521 g/mol. The Morgan fingerprint density at radius 3 is 2.68 bits per heavy atom. The van der Waals surface area contributed by atoms with Gasteiger partial charge in [0.1, 0.15) is 12.1 Å². The summed E-state index contributed by atoms with van der Waals surface area (Å²) in [4.78, 5) is 28.5. The largest absolute Gasteiger partial charge is 0.493 e. The van der Waals surface area contributed by atoms with Crippen LogP contribution < -0.4 is 25.4 Å². The third-order valence-electron chi connectivity index (χ3n) is 5.40. The van der Waals surface area contributed by atoms with Gasteiger partial charge in [-0.1, -0.05) is 18.2 Å². The molecule has 2 heterocycles. The molecule has 0 saturated carbocycles. The molecule has 0 aliphatic heterocycles. The fourth-order valence-corrected chi connectivity index (χ4v) is 4.41. The first kappa shape index (κ1) is 26.1. The van der Waals surface area contributed by atoms with Gasteiger partial charge in [-0.05, 0) is 38.7 Å². The average Bonchev–Trinajstić information content (AvgIpc) is 3.33. The molecule has 0 saturated heterocycles. The summed E-state index contributed by atoms with van der Waals surface area (Å²) < 4.78 is 11.5. The van der Waals surface area contributed by atoms with E-state index in [-0.39, 0.29) is 6.03 Å². The number of nitrogens with zero attached hydrogens (tertiary/aromatic N) is 4. The standard InChI is InChI=1S/C26H31N7O3S/c1-33(2)12-7-13-36-23-15-21-20(14-22(23)35-3)24(30-17-29-21)27-11-10-19-16-28-26(37-19)32-25(34)31-18-8-5-4-6-9-18/h4-6,8-9,14-17H,7,10-13H2,1-3H3,(H,27,29,30)(H2,28,31,32,34). The van der Waals surface area contributed by atoms with Crippen molar-refractivity contribution in [3.63, 3.8) is 0 Å². The van der Waals surface area contributed by atoms with Crippen LogP contribution >= 0.6 is 11.3 Å². The highest BCUT2D eigenvalue weighted by atomic mass is 32.1. The zero-order valence-electron chi connectivity index (χ0n) is 21.2.